The van der Waals surface area contributed by atoms with Crippen molar-refractivity contribution in [2.45, 2.75) is 6.55 Å². The second kappa shape index (κ2) is 7.17. The van der Waals surface area contributed by atoms with Crippen molar-refractivity contribution in [3.63, 3.8) is 0 Å². The molecule has 0 aliphatic heterocycles. The lowest BCUT2D eigenvalue weighted by molar-refractivity contribution is 0.247. The largest absolute Gasteiger partial charge is 0.424 e. The summed E-state index contributed by atoms with van der Waals surface area (Å²) in [6.07, 6.45) is -0.144. The monoisotopic (exact) mass is 330 g/mol. The van der Waals surface area contributed by atoms with E-state index >= 15 is 0 Å². The van der Waals surface area contributed by atoms with Gasteiger partial charge in [-0.2, -0.15) is 0 Å². The van der Waals surface area contributed by atoms with E-state index in [-0.39, 0.29) is 6.23 Å². The highest BCUT2D eigenvalue weighted by molar-refractivity contribution is 7.01. The summed E-state index contributed by atoms with van der Waals surface area (Å²) in [6, 6.07) is 20.3. The van der Waals surface area contributed by atoms with Crippen molar-refractivity contribution in [1.82, 2.24) is 0 Å². The zero-order chi connectivity index (χ0) is 16.1. The highest BCUT2D eigenvalue weighted by atomic mass is 28.4. The van der Waals surface area contributed by atoms with Crippen LogP contribution in [-0.4, -0.2) is 35.3 Å². The first-order valence-electron chi connectivity index (χ1n) is 7.21. The molecule has 1 N–H and O–H groups in total. The molecule has 1 atom stereocenters. The summed E-state index contributed by atoms with van der Waals surface area (Å²) in [5.41, 5.74) is 1.66. The van der Waals surface area contributed by atoms with E-state index in [1.165, 1.54) is 0 Å². The normalized spacial score (nSPS) is 14.3. The van der Waals surface area contributed by atoms with E-state index in [1.54, 1.807) is 12.8 Å². The van der Waals surface area contributed by atoms with Gasteiger partial charge in [0.05, 0.1) is 6.23 Å². The van der Waals surface area contributed by atoms with Crippen LogP contribution in [0.3, 0.4) is 0 Å². The molecule has 0 aliphatic rings. The van der Waals surface area contributed by atoms with Crippen LogP contribution in [-0.2, 0) is 8.54 Å². The molecule has 1 unspecified atom stereocenters. The fourth-order valence-corrected chi connectivity index (χ4v) is 9.52. The summed E-state index contributed by atoms with van der Waals surface area (Å²) in [6.45, 7) is 5.96. The molecular weight excluding hydrogens is 308 g/mol. The van der Waals surface area contributed by atoms with Crippen LogP contribution < -0.4 is 10.4 Å². The predicted molar refractivity (Wildman–Crippen MR) is 94.9 cm³/mol. The minimum atomic E-state index is -2.84. The van der Waals surface area contributed by atoms with Gasteiger partial charge in [0.1, 0.15) is 0 Å². The molecule has 22 heavy (non-hydrogen) atoms. The van der Waals surface area contributed by atoms with Gasteiger partial charge in [-0.15, -0.1) is 6.58 Å². The number of aliphatic hydroxyl groups excluding tert-OH is 1. The minimum Gasteiger partial charge on any atom is -0.424 e. The van der Waals surface area contributed by atoms with Gasteiger partial charge in [-0.1, -0.05) is 60.7 Å². The molecule has 0 radical (unpaired) electrons. The van der Waals surface area contributed by atoms with E-state index < -0.39 is 16.9 Å². The first-order valence-corrected chi connectivity index (χ1v) is 11.7. The molecule has 0 heterocycles. The van der Waals surface area contributed by atoms with Gasteiger partial charge in [0.15, 0.2) is 0 Å². The molecule has 2 aromatic carbocycles. The number of rotatable bonds is 7. The van der Waals surface area contributed by atoms with Crippen LogP contribution in [0.15, 0.2) is 72.9 Å². The molecule has 5 heteroatoms. The Balaban J connectivity index is 2.54. The van der Waals surface area contributed by atoms with Crippen molar-refractivity contribution < 1.29 is 13.6 Å². The number of hydrogen-bond donors (Lipinski definition) is 1. The first kappa shape index (κ1) is 16.9. The molecule has 0 aromatic heterocycles. The summed E-state index contributed by atoms with van der Waals surface area (Å²) in [4.78, 5) is 0. The maximum atomic E-state index is 9.80. The Morgan fingerprint density at radius 1 is 1.00 bits per heavy atom. The van der Waals surface area contributed by atoms with Crippen LogP contribution in [0.5, 0.6) is 0 Å². The van der Waals surface area contributed by atoms with Crippen LogP contribution in [0.2, 0.25) is 6.55 Å². The molecular formula is C17H22O3Si2. The van der Waals surface area contributed by atoms with E-state index in [2.05, 4.69) is 37.4 Å². The van der Waals surface area contributed by atoms with Crippen molar-refractivity contribution in [3.05, 3.63) is 72.9 Å². The summed E-state index contributed by atoms with van der Waals surface area (Å²) in [5.74, 6) is 0. The molecule has 2 aromatic rings. The zero-order valence-electron chi connectivity index (χ0n) is 13.0. The maximum absolute atomic E-state index is 9.80. The van der Waals surface area contributed by atoms with E-state index in [1.807, 2.05) is 36.4 Å². The summed E-state index contributed by atoms with van der Waals surface area (Å²) in [7, 11) is -3.75. The Bertz CT molecular complexity index is 558. The van der Waals surface area contributed by atoms with Crippen LogP contribution in [0.1, 0.15) is 0 Å². The van der Waals surface area contributed by atoms with Gasteiger partial charge in [-0.3, -0.25) is 0 Å². The Morgan fingerprint density at radius 3 is 1.77 bits per heavy atom. The van der Waals surface area contributed by atoms with Gasteiger partial charge in [-0.25, -0.2) is 0 Å². The van der Waals surface area contributed by atoms with Gasteiger partial charge in [0, 0.05) is 7.11 Å². The second-order valence-electron chi connectivity index (χ2n) is 5.25. The molecule has 0 bridgehead atoms. The Morgan fingerprint density at radius 2 is 1.45 bits per heavy atom. The van der Waals surface area contributed by atoms with E-state index in [0.717, 1.165) is 10.4 Å². The molecule has 0 amide bonds. The van der Waals surface area contributed by atoms with Crippen molar-refractivity contribution in [2.75, 3.05) is 13.3 Å². The molecule has 3 nitrogen and oxygen atoms in total. The zero-order valence-corrected chi connectivity index (χ0v) is 15.0. The number of aliphatic hydroxyl groups is 1. The third kappa shape index (κ3) is 3.29. The summed E-state index contributed by atoms with van der Waals surface area (Å²) >= 11 is 0. The van der Waals surface area contributed by atoms with Crippen LogP contribution >= 0.6 is 0 Å². The molecule has 0 spiro atoms. The minimum absolute atomic E-state index is 0.144. The summed E-state index contributed by atoms with van der Waals surface area (Å²) in [5, 5.41) is 12.1. The quantitative estimate of drug-likeness (QED) is 0.786. The third-order valence-electron chi connectivity index (χ3n) is 3.90. The first-order chi connectivity index (χ1) is 10.6. The number of hydrogen-bond acceptors (Lipinski definition) is 3. The SMILES string of the molecule is C=C[Si](CO)(OC)O[Si](C)(c1ccccc1)c1ccccc1. The molecule has 0 saturated carbocycles. The summed E-state index contributed by atoms with van der Waals surface area (Å²) < 4.78 is 12.1. The highest BCUT2D eigenvalue weighted by Gasteiger charge is 2.44. The molecule has 116 valence electrons. The van der Waals surface area contributed by atoms with Gasteiger partial charge in [0.2, 0.25) is 8.32 Å². The van der Waals surface area contributed by atoms with E-state index in [0.29, 0.717) is 0 Å². The van der Waals surface area contributed by atoms with Gasteiger partial charge in [0.25, 0.3) is 0 Å². The second-order valence-corrected chi connectivity index (χ2v) is 12.0. The van der Waals surface area contributed by atoms with Crippen LogP contribution in [0.25, 0.3) is 0 Å². The number of benzene rings is 2. The van der Waals surface area contributed by atoms with Crippen molar-refractivity contribution in [2.24, 2.45) is 0 Å². The third-order valence-corrected chi connectivity index (χ3v) is 11.5. The Labute approximate surface area is 134 Å². The van der Waals surface area contributed by atoms with Gasteiger partial charge in [-0.05, 0) is 22.6 Å². The fourth-order valence-electron chi connectivity index (χ4n) is 2.47. The maximum Gasteiger partial charge on any atom is 0.380 e. The molecule has 0 aliphatic carbocycles. The lowest BCUT2D eigenvalue weighted by Crippen LogP contribution is -2.65. The van der Waals surface area contributed by atoms with Gasteiger partial charge < -0.3 is 13.6 Å². The van der Waals surface area contributed by atoms with Crippen molar-refractivity contribution >= 4 is 27.3 Å². The molecule has 0 fully saturated rings. The highest BCUT2D eigenvalue weighted by Crippen LogP contribution is 2.17. The topological polar surface area (TPSA) is 38.7 Å². The van der Waals surface area contributed by atoms with E-state index in [4.69, 9.17) is 8.54 Å². The van der Waals surface area contributed by atoms with Gasteiger partial charge >= 0.3 is 8.56 Å². The van der Waals surface area contributed by atoms with E-state index in [9.17, 15) is 5.11 Å². The lowest BCUT2D eigenvalue weighted by atomic mass is 10.4. The standard InChI is InChI=1S/C17H22O3Si2/c1-4-22(15-18,19-2)20-21(3,16-11-7-5-8-12-16)17-13-9-6-10-14-17/h4-14,18H,1,15H2,2-3H3. The molecule has 0 saturated heterocycles. The molecule has 2 rings (SSSR count). The Hall–Kier alpha value is -1.51. The van der Waals surface area contributed by atoms with Crippen molar-refractivity contribution in [3.8, 4) is 0 Å². The van der Waals surface area contributed by atoms with Crippen molar-refractivity contribution in [1.29, 1.82) is 0 Å². The van der Waals surface area contributed by atoms with Crippen LogP contribution in [0, 0.1) is 0 Å². The fraction of sp³-hybridized carbons (Fsp3) is 0.176. The average molecular weight is 331 g/mol. The van der Waals surface area contributed by atoms with Crippen LogP contribution in [0.4, 0.5) is 0 Å². The Kier molecular flexibility index (Phi) is 5.49. The lowest BCUT2D eigenvalue weighted by Gasteiger charge is -2.36. The average Bonchev–Trinajstić information content (AvgIpc) is 2.61. The predicted octanol–water partition coefficient (Wildman–Crippen LogP) is 1.74. The smallest absolute Gasteiger partial charge is 0.380 e.